The van der Waals surface area contributed by atoms with E-state index in [0.29, 0.717) is 17.3 Å². The number of nitrogens with zero attached hydrogens (tertiary/aromatic N) is 4. The third-order valence-corrected chi connectivity index (χ3v) is 5.45. The van der Waals surface area contributed by atoms with Crippen LogP contribution in [-0.4, -0.2) is 45.1 Å². The maximum absolute atomic E-state index is 12.2. The van der Waals surface area contributed by atoms with E-state index in [2.05, 4.69) is 20.6 Å². The summed E-state index contributed by atoms with van der Waals surface area (Å²) < 4.78 is 7.09. The number of benzene rings is 2. The number of nitrogens with one attached hydrogen (secondary N) is 1. The number of para-hydroxylation sites is 1. The molecular formula is C22H21N5O2S. The average Bonchev–Trinajstić information content (AvgIpc) is 3.20. The summed E-state index contributed by atoms with van der Waals surface area (Å²) in [4.78, 5) is 12.2. The van der Waals surface area contributed by atoms with Crippen molar-refractivity contribution in [3.8, 4) is 17.0 Å². The first-order valence-corrected chi connectivity index (χ1v) is 10.5. The van der Waals surface area contributed by atoms with E-state index in [4.69, 9.17) is 4.74 Å². The van der Waals surface area contributed by atoms with Gasteiger partial charge in [-0.25, -0.2) is 0 Å². The lowest BCUT2D eigenvalue weighted by Crippen LogP contribution is -2.27. The topological polar surface area (TPSA) is 81.4 Å². The Balaban J connectivity index is 1.41. The van der Waals surface area contributed by atoms with Crippen LogP contribution in [0.15, 0.2) is 71.9 Å². The van der Waals surface area contributed by atoms with Gasteiger partial charge in [0.05, 0.1) is 18.6 Å². The van der Waals surface area contributed by atoms with Crippen LogP contribution in [0.25, 0.3) is 16.9 Å². The fourth-order valence-electron chi connectivity index (χ4n) is 3.03. The van der Waals surface area contributed by atoms with Crippen molar-refractivity contribution >= 4 is 23.3 Å². The lowest BCUT2D eigenvalue weighted by molar-refractivity contribution is -0.118. The van der Waals surface area contributed by atoms with Crippen LogP contribution < -0.4 is 10.1 Å². The van der Waals surface area contributed by atoms with Crippen LogP contribution in [0.5, 0.6) is 5.75 Å². The molecule has 2 heterocycles. The minimum atomic E-state index is -0.0476. The SMILES string of the molecule is COc1ccccc1-c1ccc2nnc(SCC(=O)NCCc3ccccc3)n2n1. The van der Waals surface area contributed by atoms with Gasteiger partial charge in [0.2, 0.25) is 11.1 Å². The van der Waals surface area contributed by atoms with Crippen LogP contribution in [0.4, 0.5) is 0 Å². The van der Waals surface area contributed by atoms with Gasteiger partial charge in [-0.15, -0.1) is 10.2 Å². The van der Waals surface area contributed by atoms with Crippen LogP contribution >= 0.6 is 11.8 Å². The second kappa shape index (κ2) is 9.41. The Bertz CT molecular complexity index is 1150. The number of hydrogen-bond donors (Lipinski definition) is 1. The number of carbonyl (C=O) groups is 1. The van der Waals surface area contributed by atoms with Crippen molar-refractivity contribution in [3.05, 3.63) is 72.3 Å². The minimum absolute atomic E-state index is 0.0476. The number of carbonyl (C=O) groups excluding carboxylic acids is 1. The number of hydrogen-bond acceptors (Lipinski definition) is 6. The molecule has 1 amide bonds. The van der Waals surface area contributed by atoms with Crippen LogP contribution in [-0.2, 0) is 11.2 Å². The number of ether oxygens (including phenoxy) is 1. The van der Waals surface area contributed by atoms with E-state index < -0.39 is 0 Å². The van der Waals surface area contributed by atoms with E-state index in [1.807, 2.05) is 66.7 Å². The van der Waals surface area contributed by atoms with Gasteiger partial charge in [0.25, 0.3) is 0 Å². The Kier molecular flexibility index (Phi) is 6.24. The third kappa shape index (κ3) is 4.60. The molecule has 0 aliphatic carbocycles. The Morgan fingerprint density at radius 1 is 1.03 bits per heavy atom. The predicted octanol–water partition coefficient (Wildman–Crippen LogP) is 3.25. The van der Waals surface area contributed by atoms with E-state index in [1.165, 1.54) is 17.3 Å². The standard InChI is InChI=1S/C22H21N5O2S/c1-29-19-10-6-5-9-17(19)18-11-12-20-24-25-22(27(20)26-18)30-15-21(28)23-14-13-16-7-3-2-4-8-16/h2-12H,13-15H2,1H3,(H,23,28). The summed E-state index contributed by atoms with van der Waals surface area (Å²) >= 11 is 1.31. The molecule has 0 saturated heterocycles. The second-order valence-corrected chi connectivity index (χ2v) is 7.49. The van der Waals surface area contributed by atoms with Crippen LogP contribution in [0, 0.1) is 0 Å². The van der Waals surface area contributed by atoms with E-state index in [1.54, 1.807) is 11.6 Å². The van der Waals surface area contributed by atoms with Gasteiger partial charge in [-0.2, -0.15) is 9.61 Å². The quantitative estimate of drug-likeness (QED) is 0.442. The summed E-state index contributed by atoms with van der Waals surface area (Å²) in [7, 11) is 1.63. The van der Waals surface area contributed by atoms with Crippen LogP contribution in [0.2, 0.25) is 0 Å². The molecule has 0 radical (unpaired) electrons. The molecule has 8 heteroatoms. The van der Waals surface area contributed by atoms with Gasteiger partial charge in [0, 0.05) is 12.1 Å². The largest absolute Gasteiger partial charge is 0.496 e. The van der Waals surface area contributed by atoms with Gasteiger partial charge in [-0.05, 0) is 36.2 Å². The monoisotopic (exact) mass is 419 g/mol. The van der Waals surface area contributed by atoms with Gasteiger partial charge in [-0.1, -0.05) is 54.2 Å². The fourth-order valence-corrected chi connectivity index (χ4v) is 3.75. The minimum Gasteiger partial charge on any atom is -0.496 e. The van der Waals surface area contributed by atoms with Gasteiger partial charge < -0.3 is 10.1 Å². The van der Waals surface area contributed by atoms with E-state index in [-0.39, 0.29) is 11.7 Å². The maximum Gasteiger partial charge on any atom is 0.230 e. The number of rotatable bonds is 8. The number of aromatic nitrogens is 4. The molecule has 0 spiro atoms. The summed E-state index contributed by atoms with van der Waals surface area (Å²) in [6.07, 6.45) is 0.801. The Labute approximate surface area is 178 Å². The van der Waals surface area contributed by atoms with Crippen LogP contribution in [0.3, 0.4) is 0 Å². The first-order chi connectivity index (χ1) is 14.7. The van der Waals surface area contributed by atoms with Crippen LogP contribution in [0.1, 0.15) is 5.56 Å². The van der Waals surface area contributed by atoms with Crippen molar-refractivity contribution in [1.82, 2.24) is 25.1 Å². The number of fused-ring (bicyclic) bond motifs is 1. The zero-order chi connectivity index (χ0) is 20.8. The Hall–Kier alpha value is -3.39. The third-order valence-electron chi connectivity index (χ3n) is 4.53. The molecule has 30 heavy (non-hydrogen) atoms. The normalized spacial score (nSPS) is 10.8. The Morgan fingerprint density at radius 2 is 1.83 bits per heavy atom. The van der Waals surface area contributed by atoms with Crippen molar-refractivity contribution in [3.63, 3.8) is 0 Å². The molecule has 1 N–H and O–H groups in total. The lowest BCUT2D eigenvalue weighted by atomic mass is 10.1. The fraction of sp³-hybridized carbons (Fsp3) is 0.182. The molecule has 0 saturated carbocycles. The highest BCUT2D eigenvalue weighted by Crippen LogP contribution is 2.28. The van der Waals surface area contributed by atoms with Crippen molar-refractivity contribution in [1.29, 1.82) is 0 Å². The number of amides is 1. The summed E-state index contributed by atoms with van der Waals surface area (Å²) in [5.41, 5.74) is 3.45. The predicted molar refractivity (Wildman–Crippen MR) is 117 cm³/mol. The smallest absolute Gasteiger partial charge is 0.230 e. The lowest BCUT2D eigenvalue weighted by Gasteiger charge is -2.08. The highest BCUT2D eigenvalue weighted by Gasteiger charge is 2.13. The van der Waals surface area contributed by atoms with Gasteiger partial charge >= 0.3 is 0 Å². The first kappa shape index (κ1) is 19.9. The highest BCUT2D eigenvalue weighted by atomic mass is 32.2. The van der Waals surface area contributed by atoms with Gasteiger partial charge in [0.15, 0.2) is 5.65 Å². The van der Waals surface area contributed by atoms with Crippen molar-refractivity contribution in [2.75, 3.05) is 19.4 Å². The first-order valence-electron chi connectivity index (χ1n) is 9.54. The molecule has 0 fully saturated rings. The molecule has 0 unspecified atom stereocenters. The van der Waals surface area contributed by atoms with Crippen molar-refractivity contribution < 1.29 is 9.53 Å². The summed E-state index contributed by atoms with van der Waals surface area (Å²) in [6.45, 7) is 0.597. The molecule has 7 nitrogen and oxygen atoms in total. The van der Waals surface area contributed by atoms with Crippen molar-refractivity contribution in [2.24, 2.45) is 0 Å². The molecule has 0 bridgehead atoms. The Morgan fingerprint density at radius 3 is 2.67 bits per heavy atom. The van der Waals surface area contributed by atoms with Gasteiger partial charge in [-0.3, -0.25) is 4.79 Å². The molecule has 4 rings (SSSR count). The number of thioether (sulfide) groups is 1. The molecule has 2 aromatic heterocycles. The molecule has 0 aliphatic heterocycles. The summed E-state index contributed by atoms with van der Waals surface area (Å²) in [6, 6.07) is 21.5. The maximum atomic E-state index is 12.2. The second-order valence-electron chi connectivity index (χ2n) is 6.55. The zero-order valence-corrected chi connectivity index (χ0v) is 17.3. The zero-order valence-electron chi connectivity index (χ0n) is 16.5. The summed E-state index contributed by atoms with van der Waals surface area (Å²) in [5, 5.41) is 16.5. The molecule has 0 aliphatic rings. The van der Waals surface area contributed by atoms with Crippen molar-refractivity contribution in [2.45, 2.75) is 11.6 Å². The van der Waals surface area contributed by atoms with E-state index >= 15 is 0 Å². The van der Waals surface area contributed by atoms with Gasteiger partial charge in [0.1, 0.15) is 5.75 Å². The highest BCUT2D eigenvalue weighted by molar-refractivity contribution is 7.99. The molecule has 4 aromatic rings. The van der Waals surface area contributed by atoms with E-state index in [9.17, 15) is 4.79 Å². The molecule has 152 valence electrons. The molecule has 0 atom stereocenters. The molecule has 2 aromatic carbocycles. The average molecular weight is 420 g/mol. The molecular weight excluding hydrogens is 398 g/mol. The van der Waals surface area contributed by atoms with E-state index in [0.717, 1.165) is 23.4 Å². The summed E-state index contributed by atoms with van der Waals surface area (Å²) in [5.74, 6) is 0.939. The number of methoxy groups -OCH3 is 1.